The first-order valence-electron chi connectivity index (χ1n) is 8.68. The molecule has 27 heavy (non-hydrogen) atoms. The molecule has 0 radical (unpaired) electrons. The number of amides is 1. The summed E-state index contributed by atoms with van der Waals surface area (Å²) in [6.45, 7) is 11.0. The minimum atomic E-state index is -0.960. The summed E-state index contributed by atoms with van der Waals surface area (Å²) >= 11 is 0. The highest BCUT2D eigenvalue weighted by Gasteiger charge is 2.42. The second-order valence-corrected chi connectivity index (χ2v) is 7.74. The van der Waals surface area contributed by atoms with E-state index in [-0.39, 0.29) is 11.6 Å². The molecule has 1 amide bonds. The molecule has 7 heteroatoms. The normalized spacial score (nSPS) is 17.0. The monoisotopic (exact) mass is 378 g/mol. The van der Waals surface area contributed by atoms with Gasteiger partial charge in [-0.05, 0) is 70.9 Å². The van der Waals surface area contributed by atoms with Gasteiger partial charge in [0.15, 0.2) is 11.6 Å². The Morgan fingerprint density at radius 2 is 1.89 bits per heavy atom. The number of hydrogen-bond acceptors (Lipinski definition) is 5. The van der Waals surface area contributed by atoms with E-state index in [9.17, 15) is 14.3 Å². The number of methoxy groups -OCH3 is 1. The van der Waals surface area contributed by atoms with Crippen molar-refractivity contribution in [3.8, 4) is 5.75 Å². The average Bonchev–Trinajstić information content (AvgIpc) is 2.78. The van der Waals surface area contributed by atoms with Crippen molar-refractivity contribution in [3.63, 3.8) is 0 Å². The van der Waals surface area contributed by atoms with Crippen LogP contribution in [0.15, 0.2) is 22.8 Å². The van der Waals surface area contributed by atoms with Crippen molar-refractivity contribution in [2.45, 2.75) is 52.9 Å². The van der Waals surface area contributed by atoms with Crippen LogP contribution >= 0.6 is 0 Å². The Morgan fingerprint density at radius 1 is 1.26 bits per heavy atom. The van der Waals surface area contributed by atoms with Crippen molar-refractivity contribution in [2.24, 2.45) is 4.99 Å². The fraction of sp³-hybridized carbons (Fsp3) is 0.500. The minimum absolute atomic E-state index is 0.179. The molecule has 1 aromatic carbocycles. The number of rotatable bonds is 6. The van der Waals surface area contributed by atoms with Gasteiger partial charge in [0.05, 0.1) is 12.2 Å². The minimum Gasteiger partial charge on any atom is -0.505 e. The number of carbonyl (C=O) groups excluding carboxylic acids is 1. The first-order valence-corrected chi connectivity index (χ1v) is 8.68. The summed E-state index contributed by atoms with van der Waals surface area (Å²) in [5.41, 5.74) is -0.558. The Hall–Kier alpha value is -2.25. The molecule has 6 nitrogen and oxygen atoms in total. The number of carbonyl (C=O) groups is 1. The number of benzene rings is 1. The molecule has 1 aromatic rings. The van der Waals surface area contributed by atoms with Gasteiger partial charge >= 0.3 is 0 Å². The molecule has 0 saturated heterocycles. The number of aromatic hydroxyl groups is 1. The Morgan fingerprint density at radius 3 is 2.44 bits per heavy atom. The van der Waals surface area contributed by atoms with Crippen LogP contribution in [0.2, 0.25) is 0 Å². The summed E-state index contributed by atoms with van der Waals surface area (Å²) in [5, 5.41) is 9.56. The maximum Gasteiger partial charge on any atom is 0.280 e. The Labute approximate surface area is 159 Å². The van der Waals surface area contributed by atoms with E-state index in [0.717, 1.165) is 0 Å². The van der Waals surface area contributed by atoms with E-state index in [1.165, 1.54) is 17.0 Å². The Kier molecular flexibility index (Phi) is 5.77. The van der Waals surface area contributed by atoms with Crippen molar-refractivity contribution in [1.82, 2.24) is 4.90 Å². The largest absolute Gasteiger partial charge is 0.505 e. The van der Waals surface area contributed by atoms with Gasteiger partial charge < -0.3 is 14.6 Å². The molecule has 0 atom stereocenters. The molecule has 0 unspecified atom stereocenters. The molecule has 2 rings (SSSR count). The molecule has 148 valence electrons. The summed E-state index contributed by atoms with van der Waals surface area (Å²) in [6, 6.07) is 2.76. The predicted octanol–water partition coefficient (Wildman–Crippen LogP) is 3.62. The van der Waals surface area contributed by atoms with E-state index in [2.05, 4.69) is 4.99 Å². The third-order valence-corrected chi connectivity index (χ3v) is 4.16. The van der Waals surface area contributed by atoms with Crippen LogP contribution in [0.25, 0.3) is 6.08 Å². The molecule has 0 saturated carbocycles. The van der Waals surface area contributed by atoms with Crippen molar-refractivity contribution in [3.05, 3.63) is 34.8 Å². The number of nitrogens with zero attached hydrogens (tertiary/aromatic N) is 2. The molecule has 0 aromatic heterocycles. The average molecular weight is 378 g/mol. The lowest BCUT2D eigenvalue weighted by atomic mass is 10.1. The lowest BCUT2D eigenvalue weighted by molar-refractivity contribution is -0.194. The van der Waals surface area contributed by atoms with Gasteiger partial charge in [0.2, 0.25) is 0 Å². The van der Waals surface area contributed by atoms with Gasteiger partial charge in [-0.15, -0.1) is 0 Å². The fourth-order valence-electron chi connectivity index (χ4n) is 3.36. The fourth-order valence-corrected chi connectivity index (χ4v) is 3.36. The standard InChI is InChI=1S/C20H27FN2O4/c1-12-8-14(9-15(21)17(12)24)10-16-18(25)23(13(2)22-16)20(5,6)27-19(3,4)11-26-7/h8-10,24H,11H2,1-7H3/b16-10-. The van der Waals surface area contributed by atoms with Crippen molar-refractivity contribution < 1.29 is 23.8 Å². The van der Waals surface area contributed by atoms with E-state index in [1.807, 2.05) is 13.8 Å². The zero-order chi connectivity index (χ0) is 20.6. The van der Waals surface area contributed by atoms with Gasteiger partial charge in [-0.25, -0.2) is 9.38 Å². The van der Waals surface area contributed by atoms with Crippen molar-refractivity contribution >= 4 is 17.8 Å². The second-order valence-electron chi connectivity index (χ2n) is 7.74. The Bertz CT molecular complexity index is 789. The molecule has 1 aliphatic heterocycles. The number of phenolic OH excluding ortho intramolecular Hbond substituents is 1. The molecule has 0 fully saturated rings. The van der Waals surface area contributed by atoms with Crippen LogP contribution in [-0.4, -0.2) is 46.8 Å². The lowest BCUT2D eigenvalue weighted by Gasteiger charge is -2.41. The number of halogens is 1. The summed E-state index contributed by atoms with van der Waals surface area (Å²) in [6.07, 6.45) is 1.50. The van der Waals surface area contributed by atoms with Gasteiger partial charge in [0.1, 0.15) is 17.3 Å². The van der Waals surface area contributed by atoms with Crippen LogP contribution in [0.5, 0.6) is 5.75 Å². The zero-order valence-corrected chi connectivity index (χ0v) is 16.9. The molecular formula is C20H27FN2O4. The van der Waals surface area contributed by atoms with Crippen molar-refractivity contribution in [2.75, 3.05) is 13.7 Å². The first-order chi connectivity index (χ1) is 12.4. The molecular weight excluding hydrogens is 351 g/mol. The highest BCUT2D eigenvalue weighted by atomic mass is 19.1. The highest BCUT2D eigenvalue weighted by molar-refractivity contribution is 6.14. The Balaban J connectivity index is 2.32. The third kappa shape index (κ3) is 4.54. The van der Waals surface area contributed by atoms with Gasteiger partial charge in [-0.2, -0.15) is 0 Å². The third-order valence-electron chi connectivity index (χ3n) is 4.16. The van der Waals surface area contributed by atoms with Crippen LogP contribution in [-0.2, 0) is 14.3 Å². The predicted molar refractivity (Wildman–Crippen MR) is 102 cm³/mol. The van der Waals surface area contributed by atoms with Crippen LogP contribution in [0.4, 0.5) is 4.39 Å². The number of phenols is 1. The maximum atomic E-state index is 13.8. The molecule has 0 bridgehead atoms. The lowest BCUT2D eigenvalue weighted by Crippen LogP contribution is -2.54. The number of aryl methyl sites for hydroxylation is 1. The van der Waals surface area contributed by atoms with E-state index >= 15 is 0 Å². The van der Waals surface area contributed by atoms with Gasteiger partial charge in [-0.3, -0.25) is 9.69 Å². The summed E-state index contributed by atoms with van der Waals surface area (Å²) in [4.78, 5) is 18.7. The molecule has 1 heterocycles. The molecule has 0 aliphatic carbocycles. The number of aliphatic imine (C=N–C) groups is 1. The van der Waals surface area contributed by atoms with Gasteiger partial charge in [0, 0.05) is 7.11 Å². The number of ether oxygens (including phenoxy) is 2. The SMILES string of the molecule is COCC(C)(C)OC(C)(C)N1C(=O)/C(=C/c2cc(C)c(O)c(F)c2)N=C1C. The summed E-state index contributed by atoms with van der Waals surface area (Å²) in [7, 11) is 1.59. The quantitative estimate of drug-likeness (QED) is 0.768. The topological polar surface area (TPSA) is 71.4 Å². The molecule has 0 spiro atoms. The van der Waals surface area contributed by atoms with Crippen LogP contribution in [0.3, 0.4) is 0 Å². The second kappa shape index (κ2) is 7.40. The summed E-state index contributed by atoms with van der Waals surface area (Å²) in [5.74, 6) is -0.988. The van der Waals surface area contributed by atoms with E-state index < -0.39 is 22.9 Å². The van der Waals surface area contributed by atoms with Gasteiger partial charge in [0.25, 0.3) is 5.91 Å². The smallest absolute Gasteiger partial charge is 0.280 e. The van der Waals surface area contributed by atoms with Crippen molar-refractivity contribution in [1.29, 1.82) is 0 Å². The molecule has 1 N–H and O–H groups in total. The van der Waals surface area contributed by atoms with Gasteiger partial charge in [-0.1, -0.05) is 0 Å². The van der Waals surface area contributed by atoms with E-state index in [4.69, 9.17) is 9.47 Å². The number of hydrogen-bond donors (Lipinski definition) is 1. The zero-order valence-electron chi connectivity index (χ0n) is 16.9. The van der Waals surface area contributed by atoms with Crippen LogP contribution in [0, 0.1) is 12.7 Å². The summed E-state index contributed by atoms with van der Waals surface area (Å²) < 4.78 is 25.1. The van der Waals surface area contributed by atoms with E-state index in [1.54, 1.807) is 40.9 Å². The van der Waals surface area contributed by atoms with Crippen LogP contribution in [0.1, 0.15) is 45.7 Å². The van der Waals surface area contributed by atoms with Crippen LogP contribution < -0.4 is 0 Å². The molecule has 1 aliphatic rings. The highest BCUT2D eigenvalue weighted by Crippen LogP contribution is 2.31. The first kappa shape index (κ1) is 21.1. The van der Waals surface area contributed by atoms with E-state index in [0.29, 0.717) is 23.6 Å². The maximum absolute atomic E-state index is 13.8. The number of amidine groups is 1.